The number of hydrogen-bond donors (Lipinski definition) is 0. The molecule has 0 heterocycles. The van der Waals surface area contributed by atoms with Crippen molar-refractivity contribution in [2.75, 3.05) is 0 Å². The molecule has 0 radical (unpaired) electrons. The first-order valence-electron chi connectivity index (χ1n) is 9.24. The summed E-state index contributed by atoms with van der Waals surface area (Å²) < 4.78 is 390. The van der Waals surface area contributed by atoms with Gasteiger partial charge in [0, 0.05) is 0 Å². The molecule has 0 atom stereocenters. The lowest BCUT2D eigenvalue weighted by Gasteiger charge is -2.44. The van der Waals surface area contributed by atoms with Crippen LogP contribution in [-0.2, 0) is 9.47 Å². The minimum absolute atomic E-state index is 0.750. The van der Waals surface area contributed by atoms with Crippen molar-refractivity contribution in [3.8, 4) is 0 Å². The van der Waals surface area contributed by atoms with E-state index in [0.29, 0.717) is 0 Å². The fourth-order valence-corrected chi connectivity index (χ4v) is 2.19. The number of hydrogen-bond acceptors (Lipinski definition) is 2. The van der Waals surface area contributed by atoms with Gasteiger partial charge in [0.1, 0.15) is 0 Å². The van der Waals surface area contributed by atoms with Gasteiger partial charge in [-0.25, -0.2) is 0 Å². The van der Waals surface area contributed by atoms with Crippen LogP contribution in [0.3, 0.4) is 0 Å². The monoisotopic (exact) mass is 770 g/mol. The Bertz CT molecular complexity index is 969. The summed E-state index contributed by atoms with van der Waals surface area (Å²) in [6.07, 6.45) is -50.9. The third kappa shape index (κ3) is 5.88. The Morgan fingerprint density at radius 3 is 0.457 bits per heavy atom. The second kappa shape index (κ2) is 10.7. The zero-order valence-corrected chi connectivity index (χ0v) is 19.2. The van der Waals surface area contributed by atoms with Gasteiger partial charge >= 0.3 is 84.2 Å². The van der Waals surface area contributed by atoms with Crippen LogP contribution in [-0.4, -0.2) is 84.2 Å². The molecule has 0 saturated carbocycles. The van der Waals surface area contributed by atoms with Crippen LogP contribution in [0.4, 0.5) is 132 Å². The topological polar surface area (TPSA) is 18.5 Å². The first-order valence-corrected chi connectivity index (χ1v) is 9.24. The lowest BCUT2D eigenvalue weighted by atomic mass is 9.90. The molecule has 0 aromatic rings. The van der Waals surface area contributed by atoms with Crippen molar-refractivity contribution >= 4 is 0 Å². The molecular weight excluding hydrogens is 770 g/mol. The Morgan fingerprint density at radius 1 is 0.196 bits per heavy atom. The Labute approximate surface area is 227 Å². The standard InChI is InChI=1S/C14F30O2/c15-1(16,3(19,20)5(23,24)13(41,42)45-7(27,9(29,30)31)10(32,33)34)2(17,18)4(21,22)6(25,26)14(43,44)46-8(28,11(35,36)37)12(38,39)40. The van der Waals surface area contributed by atoms with Crippen molar-refractivity contribution in [1.29, 1.82) is 0 Å². The molecule has 0 aromatic carbocycles. The summed E-state index contributed by atoms with van der Waals surface area (Å²) in [5, 5.41) is 0. The summed E-state index contributed by atoms with van der Waals surface area (Å²) in [4.78, 5) is 0. The van der Waals surface area contributed by atoms with Gasteiger partial charge < -0.3 is 0 Å². The molecule has 0 fully saturated rings. The molecule has 0 N–H and O–H groups in total. The molecule has 0 spiro atoms. The van der Waals surface area contributed by atoms with E-state index >= 15 is 0 Å². The van der Waals surface area contributed by atoms with Crippen LogP contribution in [0.5, 0.6) is 0 Å². The zero-order valence-electron chi connectivity index (χ0n) is 19.2. The molecule has 0 saturated heterocycles. The Morgan fingerprint density at radius 2 is 0.326 bits per heavy atom. The molecule has 0 rings (SSSR count). The first kappa shape index (κ1) is 43.8. The van der Waals surface area contributed by atoms with Crippen molar-refractivity contribution in [3.05, 3.63) is 0 Å². The van der Waals surface area contributed by atoms with Gasteiger partial charge in [0.05, 0.1) is 0 Å². The molecule has 0 aromatic heterocycles. The molecule has 0 aliphatic rings. The maximum atomic E-state index is 13.6. The molecule has 0 aliphatic carbocycles. The summed E-state index contributed by atoms with van der Waals surface area (Å²) >= 11 is 0. The zero-order chi connectivity index (χ0) is 38.4. The van der Waals surface area contributed by atoms with E-state index in [-0.39, 0.29) is 0 Å². The van der Waals surface area contributed by atoms with Gasteiger partial charge in [0.25, 0.3) is 0 Å². The van der Waals surface area contributed by atoms with Crippen LogP contribution in [0.1, 0.15) is 0 Å². The fourth-order valence-electron chi connectivity index (χ4n) is 2.19. The predicted octanol–water partition coefficient (Wildman–Crippen LogP) is 9.60. The minimum atomic E-state index is -9.80. The van der Waals surface area contributed by atoms with Crippen LogP contribution in [0.25, 0.3) is 0 Å². The third-order valence-corrected chi connectivity index (χ3v) is 4.70. The number of ether oxygens (including phenoxy) is 2. The van der Waals surface area contributed by atoms with Gasteiger partial charge in [-0.1, -0.05) is 0 Å². The van der Waals surface area contributed by atoms with E-state index < -0.39 is 84.2 Å². The van der Waals surface area contributed by atoms with Gasteiger partial charge in [-0.15, -0.1) is 0 Å². The summed E-state index contributed by atoms with van der Waals surface area (Å²) in [5.41, 5.74) is 0. The van der Waals surface area contributed by atoms with Crippen molar-refractivity contribution in [2.45, 2.75) is 84.2 Å². The highest BCUT2D eigenvalue weighted by Gasteiger charge is 2.97. The highest BCUT2D eigenvalue weighted by molar-refractivity contribution is 5.15. The predicted molar refractivity (Wildman–Crippen MR) is 73.6 cm³/mol. The maximum absolute atomic E-state index is 13.6. The second-order valence-electron chi connectivity index (χ2n) is 7.87. The minimum Gasteiger partial charge on any atom is -0.262 e. The van der Waals surface area contributed by atoms with Crippen molar-refractivity contribution in [1.82, 2.24) is 0 Å². The first-order chi connectivity index (χ1) is 19.2. The van der Waals surface area contributed by atoms with Gasteiger partial charge in [0.2, 0.25) is 0 Å². The van der Waals surface area contributed by atoms with E-state index in [1.807, 2.05) is 0 Å². The average Bonchev–Trinajstić information content (AvgIpc) is 2.74. The van der Waals surface area contributed by atoms with Crippen molar-refractivity contribution < 1.29 is 141 Å². The van der Waals surface area contributed by atoms with E-state index in [1.165, 1.54) is 0 Å². The van der Waals surface area contributed by atoms with Crippen LogP contribution in [0.15, 0.2) is 0 Å². The maximum Gasteiger partial charge on any atom is 0.458 e. The van der Waals surface area contributed by atoms with E-state index in [4.69, 9.17) is 0 Å². The van der Waals surface area contributed by atoms with Crippen LogP contribution >= 0.6 is 0 Å². The average molecular weight is 770 g/mol. The Hall–Kier alpha value is -2.18. The molecule has 0 amide bonds. The van der Waals surface area contributed by atoms with E-state index in [1.54, 1.807) is 0 Å². The third-order valence-electron chi connectivity index (χ3n) is 4.70. The van der Waals surface area contributed by atoms with Crippen molar-refractivity contribution in [3.63, 3.8) is 0 Å². The molecule has 0 aliphatic heterocycles. The molecule has 0 unspecified atom stereocenters. The number of alkyl halides is 30. The van der Waals surface area contributed by atoms with E-state index in [9.17, 15) is 132 Å². The largest absolute Gasteiger partial charge is 0.458 e. The summed E-state index contributed by atoms with van der Waals surface area (Å²) in [5.74, 6) is -74.7. The number of rotatable bonds is 11. The Kier molecular flexibility index (Phi) is 10.2. The highest BCUT2D eigenvalue weighted by Crippen LogP contribution is 2.66. The molecule has 278 valence electrons. The van der Waals surface area contributed by atoms with Crippen molar-refractivity contribution in [2.24, 2.45) is 0 Å². The van der Waals surface area contributed by atoms with Gasteiger partial charge in [-0.05, 0) is 0 Å². The van der Waals surface area contributed by atoms with Gasteiger partial charge in [0.15, 0.2) is 0 Å². The van der Waals surface area contributed by atoms with E-state index in [0.717, 1.165) is 9.47 Å². The molecule has 0 bridgehead atoms. The second-order valence-corrected chi connectivity index (χ2v) is 7.87. The van der Waals surface area contributed by atoms with E-state index in [2.05, 4.69) is 0 Å². The normalized spacial score (nSPS) is 17.1. The van der Waals surface area contributed by atoms with Crippen LogP contribution in [0, 0.1) is 0 Å². The Balaban J connectivity index is 7.32. The summed E-state index contributed by atoms with van der Waals surface area (Å²) in [6, 6.07) is 0. The van der Waals surface area contributed by atoms with Crippen LogP contribution in [0.2, 0.25) is 0 Å². The summed E-state index contributed by atoms with van der Waals surface area (Å²) in [7, 11) is 0. The number of halogens is 30. The molecule has 46 heavy (non-hydrogen) atoms. The highest BCUT2D eigenvalue weighted by atomic mass is 19.4. The summed E-state index contributed by atoms with van der Waals surface area (Å²) in [6.45, 7) is 0. The lowest BCUT2D eigenvalue weighted by Crippen LogP contribution is -2.76. The van der Waals surface area contributed by atoms with Gasteiger partial charge in [-0.2, -0.15) is 132 Å². The molecular formula is C14F30O2. The SMILES string of the molecule is FC(F)(F)C(F)(OC(F)(F)C(F)(F)C(F)(F)C(F)(F)C(F)(F)C(F)(F)C(F)(F)C(F)(F)OC(F)(C(F)(F)F)C(F)(F)F)C(F)(F)F. The lowest BCUT2D eigenvalue weighted by molar-refractivity contribution is -0.537. The molecule has 2 nitrogen and oxygen atoms in total. The smallest absolute Gasteiger partial charge is 0.262 e. The van der Waals surface area contributed by atoms with Crippen LogP contribution < -0.4 is 0 Å². The van der Waals surface area contributed by atoms with Gasteiger partial charge in [-0.3, -0.25) is 9.47 Å². The molecule has 32 heteroatoms. The fraction of sp³-hybridized carbons (Fsp3) is 1.00. The quantitative estimate of drug-likeness (QED) is 0.195.